The summed E-state index contributed by atoms with van der Waals surface area (Å²) in [6.45, 7) is 1.93. The van der Waals surface area contributed by atoms with Crippen molar-refractivity contribution in [2.75, 3.05) is 33.4 Å². The molecule has 2 aromatic carbocycles. The van der Waals surface area contributed by atoms with Gasteiger partial charge < -0.3 is 19.3 Å². The summed E-state index contributed by atoms with van der Waals surface area (Å²) in [7, 11) is 1.57. The molecule has 0 bridgehead atoms. The minimum atomic E-state index is -0.925. The first-order valence-corrected chi connectivity index (χ1v) is 8.83. The topological polar surface area (TPSA) is 51.2 Å². The van der Waals surface area contributed by atoms with E-state index in [2.05, 4.69) is 4.90 Å². The van der Waals surface area contributed by atoms with Crippen LogP contribution < -0.4 is 14.2 Å². The summed E-state index contributed by atoms with van der Waals surface area (Å²) < 4.78 is 42.8. The van der Waals surface area contributed by atoms with Gasteiger partial charge in [0.15, 0.2) is 23.1 Å². The van der Waals surface area contributed by atoms with Crippen LogP contribution in [-0.4, -0.2) is 55.6 Å². The first kappa shape index (κ1) is 19.4. The van der Waals surface area contributed by atoms with Gasteiger partial charge in [0.1, 0.15) is 24.6 Å². The Hall–Kier alpha value is -2.38. The van der Waals surface area contributed by atoms with E-state index in [1.54, 1.807) is 19.2 Å². The minimum Gasteiger partial charge on any atom is -0.493 e. The lowest BCUT2D eigenvalue weighted by atomic mass is 10.3. The number of hydrogen-bond donors (Lipinski definition) is 1. The molecule has 27 heavy (non-hydrogen) atoms. The molecular weight excluding hydrogens is 356 g/mol. The molecule has 0 spiro atoms. The Morgan fingerprint density at radius 3 is 2.67 bits per heavy atom. The summed E-state index contributed by atoms with van der Waals surface area (Å²) in [6.07, 6.45) is -0.0480. The number of aliphatic hydroxyl groups excluding tert-OH is 1. The van der Waals surface area contributed by atoms with Crippen molar-refractivity contribution in [2.45, 2.75) is 18.6 Å². The predicted molar refractivity (Wildman–Crippen MR) is 96.3 cm³/mol. The Bertz CT molecular complexity index is 759. The zero-order valence-electron chi connectivity index (χ0n) is 15.1. The number of ether oxygens (including phenoxy) is 3. The summed E-state index contributed by atoms with van der Waals surface area (Å²) in [6, 6.07) is 10.8. The van der Waals surface area contributed by atoms with Crippen LogP contribution in [0.2, 0.25) is 0 Å². The maximum atomic E-state index is 13.3. The van der Waals surface area contributed by atoms with Gasteiger partial charge >= 0.3 is 0 Å². The summed E-state index contributed by atoms with van der Waals surface area (Å²) in [4.78, 5) is 2.06. The maximum absolute atomic E-state index is 13.3. The van der Waals surface area contributed by atoms with Crippen LogP contribution in [0.4, 0.5) is 8.78 Å². The van der Waals surface area contributed by atoms with Crippen LogP contribution in [0.15, 0.2) is 42.5 Å². The zero-order valence-corrected chi connectivity index (χ0v) is 15.1. The molecule has 1 saturated heterocycles. The lowest BCUT2D eigenvalue weighted by molar-refractivity contribution is 0.0709. The third-order valence-electron chi connectivity index (χ3n) is 4.39. The second-order valence-electron chi connectivity index (χ2n) is 6.48. The molecule has 0 aliphatic carbocycles. The Balaban J connectivity index is 1.44. The van der Waals surface area contributed by atoms with E-state index in [1.807, 2.05) is 12.1 Å². The lowest BCUT2D eigenvalue weighted by Gasteiger charge is -2.21. The second kappa shape index (κ2) is 9.01. The number of aliphatic hydroxyl groups is 1. The molecule has 2 aromatic rings. The minimum absolute atomic E-state index is 0.128. The van der Waals surface area contributed by atoms with Crippen molar-refractivity contribution in [3.05, 3.63) is 54.1 Å². The number of hydrogen-bond acceptors (Lipinski definition) is 5. The zero-order chi connectivity index (χ0) is 19.2. The summed E-state index contributed by atoms with van der Waals surface area (Å²) >= 11 is 0. The summed E-state index contributed by atoms with van der Waals surface area (Å²) in [5, 5.41) is 10.2. The molecule has 7 heteroatoms. The highest BCUT2D eigenvalue weighted by Crippen LogP contribution is 2.26. The van der Waals surface area contributed by atoms with Gasteiger partial charge in [-0.25, -0.2) is 8.78 Å². The average molecular weight is 379 g/mol. The predicted octanol–water partition coefficient (Wildman–Crippen LogP) is 2.87. The van der Waals surface area contributed by atoms with Gasteiger partial charge in [-0.05, 0) is 30.7 Å². The molecule has 0 amide bonds. The molecular formula is C20H23F2NO4. The van der Waals surface area contributed by atoms with Gasteiger partial charge in [0.2, 0.25) is 0 Å². The monoisotopic (exact) mass is 379 g/mol. The van der Waals surface area contributed by atoms with Gasteiger partial charge in [-0.2, -0.15) is 0 Å². The number of β-amino-alcohol motifs (C(OH)–C–C–N with tert-alkyl or cyclic N) is 1. The Labute approximate surface area is 157 Å². The molecule has 5 nitrogen and oxygen atoms in total. The van der Waals surface area contributed by atoms with E-state index in [-0.39, 0.29) is 12.7 Å². The van der Waals surface area contributed by atoms with Gasteiger partial charge in [0, 0.05) is 25.7 Å². The fourth-order valence-corrected chi connectivity index (χ4v) is 3.08. The van der Waals surface area contributed by atoms with Crippen molar-refractivity contribution in [1.82, 2.24) is 4.90 Å². The average Bonchev–Trinajstić information content (AvgIpc) is 3.10. The molecule has 1 fully saturated rings. The molecule has 2 unspecified atom stereocenters. The van der Waals surface area contributed by atoms with Gasteiger partial charge in [-0.3, -0.25) is 4.90 Å². The molecule has 1 N–H and O–H groups in total. The lowest BCUT2D eigenvalue weighted by Crippen LogP contribution is -2.35. The SMILES string of the molecule is COc1ccccc1OCC(O)CN1CCC(Oc2ccc(F)c(F)c2)C1. The van der Waals surface area contributed by atoms with E-state index in [1.165, 1.54) is 6.07 Å². The van der Waals surface area contributed by atoms with E-state index in [9.17, 15) is 13.9 Å². The number of halogens is 2. The standard InChI is InChI=1S/C20H23F2NO4/c1-25-19-4-2-3-5-20(19)26-13-14(24)11-23-9-8-16(12-23)27-15-6-7-17(21)18(22)10-15/h2-7,10,14,16,24H,8-9,11-13H2,1H3. The quantitative estimate of drug-likeness (QED) is 0.764. The molecule has 0 radical (unpaired) electrons. The van der Waals surface area contributed by atoms with Gasteiger partial charge in [-0.15, -0.1) is 0 Å². The highest BCUT2D eigenvalue weighted by atomic mass is 19.2. The van der Waals surface area contributed by atoms with E-state index < -0.39 is 17.7 Å². The smallest absolute Gasteiger partial charge is 0.162 e. The maximum Gasteiger partial charge on any atom is 0.162 e. The number of likely N-dealkylation sites (tertiary alicyclic amines) is 1. The number of benzene rings is 2. The van der Waals surface area contributed by atoms with Gasteiger partial charge in [0.05, 0.1) is 7.11 Å². The molecule has 1 aliphatic heterocycles. The van der Waals surface area contributed by atoms with Crippen molar-refractivity contribution < 1.29 is 28.1 Å². The Kier molecular flexibility index (Phi) is 6.47. The van der Waals surface area contributed by atoms with Crippen LogP contribution in [0, 0.1) is 11.6 Å². The highest BCUT2D eigenvalue weighted by Gasteiger charge is 2.26. The first-order valence-electron chi connectivity index (χ1n) is 8.83. The van der Waals surface area contributed by atoms with Crippen LogP contribution >= 0.6 is 0 Å². The van der Waals surface area contributed by atoms with Crippen LogP contribution in [0.1, 0.15) is 6.42 Å². The highest BCUT2D eigenvalue weighted by molar-refractivity contribution is 5.39. The second-order valence-corrected chi connectivity index (χ2v) is 6.48. The normalized spacial score (nSPS) is 18.3. The van der Waals surface area contributed by atoms with Crippen LogP contribution in [0.5, 0.6) is 17.2 Å². The van der Waals surface area contributed by atoms with Crippen molar-refractivity contribution in [1.29, 1.82) is 0 Å². The van der Waals surface area contributed by atoms with Gasteiger partial charge in [0.25, 0.3) is 0 Å². The van der Waals surface area contributed by atoms with E-state index in [4.69, 9.17) is 14.2 Å². The van der Waals surface area contributed by atoms with Crippen LogP contribution in [-0.2, 0) is 0 Å². The molecule has 3 rings (SSSR count). The van der Waals surface area contributed by atoms with Crippen LogP contribution in [0.3, 0.4) is 0 Å². The molecule has 1 aliphatic rings. The van der Waals surface area contributed by atoms with Crippen LogP contribution in [0.25, 0.3) is 0 Å². The molecule has 0 aromatic heterocycles. The number of para-hydroxylation sites is 2. The van der Waals surface area contributed by atoms with Crippen molar-refractivity contribution in [3.8, 4) is 17.2 Å². The Morgan fingerprint density at radius 1 is 1.15 bits per heavy atom. The third kappa shape index (κ3) is 5.30. The van der Waals surface area contributed by atoms with E-state index >= 15 is 0 Å². The van der Waals surface area contributed by atoms with Crippen molar-refractivity contribution >= 4 is 0 Å². The van der Waals surface area contributed by atoms with Gasteiger partial charge in [-0.1, -0.05) is 12.1 Å². The number of methoxy groups -OCH3 is 1. The fourth-order valence-electron chi connectivity index (χ4n) is 3.08. The molecule has 2 atom stereocenters. The summed E-state index contributed by atoms with van der Waals surface area (Å²) in [5.41, 5.74) is 0. The molecule has 146 valence electrons. The number of nitrogens with zero attached hydrogens (tertiary/aromatic N) is 1. The number of rotatable bonds is 8. The first-order chi connectivity index (χ1) is 13.0. The Morgan fingerprint density at radius 2 is 1.93 bits per heavy atom. The summed E-state index contributed by atoms with van der Waals surface area (Å²) in [5.74, 6) is -0.313. The fraction of sp³-hybridized carbons (Fsp3) is 0.400. The van der Waals surface area contributed by atoms with E-state index in [0.717, 1.165) is 25.1 Å². The van der Waals surface area contributed by atoms with Crippen molar-refractivity contribution in [2.24, 2.45) is 0 Å². The molecule has 1 heterocycles. The molecule has 0 saturated carbocycles. The van der Waals surface area contributed by atoms with Crippen molar-refractivity contribution in [3.63, 3.8) is 0 Å². The largest absolute Gasteiger partial charge is 0.493 e. The third-order valence-corrected chi connectivity index (χ3v) is 4.39. The van der Waals surface area contributed by atoms with E-state index in [0.29, 0.717) is 30.3 Å².